The second-order valence-corrected chi connectivity index (χ2v) is 5.08. The molecule has 0 radical (unpaired) electrons. The van der Waals surface area contributed by atoms with Gasteiger partial charge in [-0.2, -0.15) is 11.8 Å². The molecule has 100 valence electrons. The Labute approximate surface area is 112 Å². The molecule has 1 aromatic rings. The molecule has 18 heavy (non-hydrogen) atoms. The molecule has 1 amide bonds. The molecular formula is C13H19FN2OS. The minimum absolute atomic E-state index is 0.134. The lowest BCUT2D eigenvalue weighted by molar-refractivity contribution is 0.0744. The highest BCUT2D eigenvalue weighted by molar-refractivity contribution is 7.98. The average molecular weight is 270 g/mol. The first-order chi connectivity index (χ1) is 8.51. The molecule has 0 fully saturated rings. The molecule has 0 heterocycles. The van der Waals surface area contributed by atoms with Crippen molar-refractivity contribution in [3.05, 3.63) is 29.6 Å². The lowest BCUT2D eigenvalue weighted by atomic mass is 10.1. The van der Waals surface area contributed by atoms with Gasteiger partial charge in [-0.3, -0.25) is 4.79 Å². The van der Waals surface area contributed by atoms with Crippen LogP contribution in [0.5, 0.6) is 0 Å². The van der Waals surface area contributed by atoms with Gasteiger partial charge in [-0.15, -0.1) is 0 Å². The number of nitrogens with two attached hydrogens (primary N) is 1. The first-order valence-corrected chi connectivity index (χ1v) is 7.21. The Bertz CT molecular complexity index is 425. The molecule has 0 saturated heterocycles. The maximum absolute atomic E-state index is 13.2. The fourth-order valence-corrected chi connectivity index (χ4v) is 2.61. The molecule has 0 aromatic heterocycles. The van der Waals surface area contributed by atoms with E-state index < -0.39 is 5.82 Å². The van der Waals surface area contributed by atoms with Gasteiger partial charge in [0.1, 0.15) is 5.82 Å². The van der Waals surface area contributed by atoms with Gasteiger partial charge < -0.3 is 10.6 Å². The predicted octanol–water partition coefficient (Wildman–Crippen LogP) is 2.62. The zero-order valence-electron chi connectivity index (χ0n) is 10.9. The van der Waals surface area contributed by atoms with Crippen LogP contribution in [0.4, 0.5) is 10.1 Å². The first kappa shape index (κ1) is 14.8. The number of carbonyl (C=O) groups is 1. The van der Waals surface area contributed by atoms with E-state index >= 15 is 0 Å². The van der Waals surface area contributed by atoms with Gasteiger partial charge in [-0.05, 0) is 30.9 Å². The van der Waals surface area contributed by atoms with E-state index in [0.717, 1.165) is 12.2 Å². The molecule has 2 N–H and O–H groups in total. The number of thioether (sulfide) groups is 1. The van der Waals surface area contributed by atoms with Gasteiger partial charge >= 0.3 is 0 Å². The molecule has 1 unspecified atom stereocenters. The van der Waals surface area contributed by atoms with Gasteiger partial charge in [0.05, 0.1) is 5.56 Å². The van der Waals surface area contributed by atoms with Gasteiger partial charge in [0.2, 0.25) is 0 Å². The highest BCUT2D eigenvalue weighted by Crippen LogP contribution is 2.18. The number of anilines is 1. The number of nitrogen functional groups attached to an aromatic ring is 1. The van der Waals surface area contributed by atoms with E-state index in [0.29, 0.717) is 5.69 Å². The third-order valence-electron chi connectivity index (χ3n) is 2.94. The molecule has 0 aliphatic carbocycles. The minimum Gasteiger partial charge on any atom is -0.398 e. The van der Waals surface area contributed by atoms with E-state index in [1.807, 2.05) is 13.2 Å². The van der Waals surface area contributed by atoms with E-state index in [2.05, 4.69) is 0 Å². The number of halogens is 1. The normalized spacial score (nSPS) is 12.2. The van der Waals surface area contributed by atoms with Crippen molar-refractivity contribution in [2.75, 3.05) is 24.8 Å². The highest BCUT2D eigenvalue weighted by Gasteiger charge is 2.21. The number of benzene rings is 1. The van der Waals surface area contributed by atoms with E-state index in [1.54, 1.807) is 23.7 Å². The number of rotatable bonds is 5. The van der Waals surface area contributed by atoms with Crippen LogP contribution in [0.3, 0.4) is 0 Å². The zero-order valence-corrected chi connectivity index (χ0v) is 11.8. The Kier molecular flexibility index (Phi) is 5.47. The Morgan fingerprint density at radius 3 is 2.78 bits per heavy atom. The van der Waals surface area contributed by atoms with Crippen molar-refractivity contribution in [3.63, 3.8) is 0 Å². The smallest absolute Gasteiger partial charge is 0.256 e. The Hall–Kier alpha value is -1.23. The van der Waals surface area contributed by atoms with Gasteiger partial charge in [0.15, 0.2) is 0 Å². The maximum Gasteiger partial charge on any atom is 0.256 e. The predicted molar refractivity (Wildman–Crippen MR) is 75.4 cm³/mol. The van der Waals surface area contributed by atoms with Crippen molar-refractivity contribution in [2.24, 2.45) is 0 Å². The summed E-state index contributed by atoms with van der Waals surface area (Å²) < 4.78 is 13.2. The third kappa shape index (κ3) is 3.38. The summed E-state index contributed by atoms with van der Waals surface area (Å²) in [6, 6.07) is 4.01. The van der Waals surface area contributed by atoms with Crippen LogP contribution in [-0.2, 0) is 0 Å². The third-order valence-corrected chi connectivity index (χ3v) is 3.66. The molecule has 1 aromatic carbocycles. The first-order valence-electron chi connectivity index (χ1n) is 5.82. The van der Waals surface area contributed by atoms with Crippen molar-refractivity contribution >= 4 is 23.4 Å². The van der Waals surface area contributed by atoms with Crippen molar-refractivity contribution in [1.82, 2.24) is 4.90 Å². The number of amides is 1. The number of carbonyl (C=O) groups excluding carboxylic acids is 1. The summed E-state index contributed by atoms with van der Waals surface area (Å²) in [6.07, 6.45) is 2.86. The lowest BCUT2D eigenvalue weighted by Crippen LogP contribution is -2.38. The van der Waals surface area contributed by atoms with Gasteiger partial charge in [0.25, 0.3) is 5.91 Å². The highest BCUT2D eigenvalue weighted by atomic mass is 32.2. The van der Waals surface area contributed by atoms with E-state index in [-0.39, 0.29) is 17.5 Å². The quantitative estimate of drug-likeness (QED) is 0.837. The molecule has 0 saturated carbocycles. The van der Waals surface area contributed by atoms with E-state index in [9.17, 15) is 9.18 Å². The number of hydrogen-bond acceptors (Lipinski definition) is 3. The van der Waals surface area contributed by atoms with Crippen LogP contribution in [0, 0.1) is 5.82 Å². The van der Waals surface area contributed by atoms with E-state index in [4.69, 9.17) is 5.73 Å². The Balaban J connectivity index is 2.95. The molecule has 3 nitrogen and oxygen atoms in total. The van der Waals surface area contributed by atoms with Crippen LogP contribution >= 0.6 is 11.8 Å². The molecule has 1 rings (SSSR count). The summed E-state index contributed by atoms with van der Waals surface area (Å²) in [7, 11) is 1.73. The number of hydrogen-bond donors (Lipinski definition) is 1. The topological polar surface area (TPSA) is 46.3 Å². The van der Waals surface area contributed by atoms with Crippen molar-refractivity contribution in [2.45, 2.75) is 19.4 Å². The van der Waals surface area contributed by atoms with Crippen molar-refractivity contribution < 1.29 is 9.18 Å². The zero-order chi connectivity index (χ0) is 13.7. The minimum atomic E-state index is -0.445. The fourth-order valence-electron chi connectivity index (χ4n) is 1.77. The summed E-state index contributed by atoms with van der Waals surface area (Å²) in [5.74, 6) is 0.181. The summed E-state index contributed by atoms with van der Waals surface area (Å²) in [5, 5.41) is 0. The van der Waals surface area contributed by atoms with Crippen LogP contribution in [0.15, 0.2) is 18.2 Å². The molecule has 0 aliphatic heterocycles. The second-order valence-electron chi connectivity index (χ2n) is 4.17. The molecule has 0 aliphatic rings. The van der Waals surface area contributed by atoms with Crippen LogP contribution in [0.1, 0.15) is 23.7 Å². The summed E-state index contributed by atoms with van der Waals surface area (Å²) in [5.41, 5.74) is 6.27. The van der Waals surface area contributed by atoms with Gasteiger partial charge in [-0.1, -0.05) is 6.92 Å². The van der Waals surface area contributed by atoms with Crippen LogP contribution in [-0.4, -0.2) is 35.9 Å². The molecule has 0 spiro atoms. The largest absolute Gasteiger partial charge is 0.398 e. The monoisotopic (exact) mass is 270 g/mol. The Morgan fingerprint density at radius 1 is 1.56 bits per heavy atom. The summed E-state index contributed by atoms with van der Waals surface area (Å²) in [6.45, 7) is 2.03. The van der Waals surface area contributed by atoms with Crippen LogP contribution in [0.25, 0.3) is 0 Å². The van der Waals surface area contributed by atoms with Crippen LogP contribution in [0.2, 0.25) is 0 Å². The molecule has 1 atom stereocenters. The van der Waals surface area contributed by atoms with Crippen LogP contribution < -0.4 is 5.73 Å². The second kappa shape index (κ2) is 6.64. The van der Waals surface area contributed by atoms with Gasteiger partial charge in [0, 0.05) is 24.5 Å². The summed E-state index contributed by atoms with van der Waals surface area (Å²) >= 11 is 1.68. The molecule has 5 heteroatoms. The van der Waals surface area contributed by atoms with Crippen molar-refractivity contribution in [3.8, 4) is 0 Å². The van der Waals surface area contributed by atoms with Gasteiger partial charge in [-0.25, -0.2) is 4.39 Å². The lowest BCUT2D eigenvalue weighted by Gasteiger charge is -2.27. The summed E-state index contributed by atoms with van der Waals surface area (Å²) in [4.78, 5) is 13.9. The standard InChI is InChI=1S/C13H19FN2OS/c1-4-10(8-18-3)16(2)13(17)11-7-9(14)5-6-12(11)15/h5-7,10H,4,8,15H2,1-3H3. The molecular weight excluding hydrogens is 251 g/mol. The SMILES string of the molecule is CCC(CSC)N(C)C(=O)c1cc(F)ccc1N. The van der Waals surface area contributed by atoms with E-state index in [1.165, 1.54) is 18.2 Å². The maximum atomic E-state index is 13.2. The average Bonchev–Trinajstić information content (AvgIpc) is 2.37. The Morgan fingerprint density at radius 2 is 2.22 bits per heavy atom. The number of nitrogens with zero attached hydrogens (tertiary/aromatic N) is 1. The molecule has 0 bridgehead atoms. The van der Waals surface area contributed by atoms with Crippen molar-refractivity contribution in [1.29, 1.82) is 0 Å². The fraction of sp³-hybridized carbons (Fsp3) is 0.462.